The molecule has 158 valence electrons. The Hall–Kier alpha value is -2.18. The largest absolute Gasteiger partial charge is 0.488 e. The molecule has 5 nitrogen and oxygen atoms in total. The van der Waals surface area contributed by atoms with Crippen molar-refractivity contribution in [3.8, 4) is 5.75 Å². The molecule has 1 aliphatic carbocycles. The number of piperazine rings is 1. The number of nitrogens with zero attached hydrogens (tertiary/aromatic N) is 3. The Morgan fingerprint density at radius 2 is 1.97 bits per heavy atom. The maximum Gasteiger partial charge on any atom is 0.141 e. The number of ether oxygens (including phenoxy) is 1. The number of anilines is 1. The summed E-state index contributed by atoms with van der Waals surface area (Å²) in [6.07, 6.45) is 5.44. The molecule has 1 aromatic carbocycles. The quantitative estimate of drug-likeness (QED) is 0.685. The molecule has 1 N–H and O–H groups in total. The van der Waals surface area contributed by atoms with E-state index in [1.54, 1.807) is 16.1 Å². The molecule has 0 bridgehead atoms. The lowest BCUT2D eigenvalue weighted by Crippen LogP contribution is -3.15. The van der Waals surface area contributed by atoms with Gasteiger partial charge in [-0.2, -0.15) is 0 Å². The minimum atomic E-state index is 0.762. The molecule has 1 aliphatic heterocycles. The molecule has 3 aromatic rings. The highest BCUT2D eigenvalue weighted by Crippen LogP contribution is 2.40. The molecule has 2 aromatic heterocycles. The van der Waals surface area contributed by atoms with Crippen LogP contribution in [0.1, 0.15) is 29.3 Å². The number of aromatic nitrogens is 2. The lowest BCUT2D eigenvalue weighted by atomic mass is 9.88. The van der Waals surface area contributed by atoms with Crippen molar-refractivity contribution in [2.75, 3.05) is 44.2 Å². The predicted octanol–water partition coefficient (Wildman–Crippen LogP) is 2.91. The molecule has 0 radical (unpaired) electrons. The number of quaternary nitrogens is 1. The first-order chi connectivity index (χ1) is 14.7. The van der Waals surface area contributed by atoms with Crippen LogP contribution in [0.3, 0.4) is 0 Å². The summed E-state index contributed by atoms with van der Waals surface area (Å²) in [5, 5.41) is 1.34. The van der Waals surface area contributed by atoms with Crippen LogP contribution in [0.4, 0.5) is 5.82 Å². The third-order valence-corrected chi connectivity index (χ3v) is 7.78. The topological polar surface area (TPSA) is 42.7 Å². The van der Waals surface area contributed by atoms with Crippen LogP contribution >= 0.6 is 11.3 Å². The van der Waals surface area contributed by atoms with Gasteiger partial charge in [0.05, 0.1) is 31.6 Å². The first-order valence-electron chi connectivity index (χ1n) is 11.2. The number of fused-ring (bicyclic) bond motifs is 3. The van der Waals surface area contributed by atoms with Crippen molar-refractivity contribution in [3.05, 3.63) is 46.6 Å². The normalized spacial score (nSPS) is 19.8. The van der Waals surface area contributed by atoms with E-state index in [1.165, 1.54) is 46.4 Å². The molecule has 1 fully saturated rings. The number of rotatable bonds is 5. The average molecular weight is 424 g/mol. The smallest absolute Gasteiger partial charge is 0.141 e. The fourth-order valence-electron chi connectivity index (χ4n) is 4.74. The molecule has 2 aliphatic rings. The number of nitrogens with one attached hydrogen (secondary N) is 1. The van der Waals surface area contributed by atoms with Crippen LogP contribution in [0.2, 0.25) is 0 Å². The number of hydrogen-bond donors (Lipinski definition) is 1. The first kappa shape index (κ1) is 19.8. The molecular formula is C24H31N4OS+. The Morgan fingerprint density at radius 1 is 1.17 bits per heavy atom. The van der Waals surface area contributed by atoms with Crippen LogP contribution in [0, 0.1) is 12.8 Å². The van der Waals surface area contributed by atoms with Gasteiger partial charge < -0.3 is 14.5 Å². The maximum atomic E-state index is 5.94. The molecule has 3 heterocycles. The second kappa shape index (κ2) is 8.52. The van der Waals surface area contributed by atoms with Gasteiger partial charge in [0.15, 0.2) is 0 Å². The van der Waals surface area contributed by atoms with Crippen molar-refractivity contribution < 1.29 is 9.64 Å². The zero-order chi connectivity index (χ0) is 20.5. The summed E-state index contributed by atoms with van der Waals surface area (Å²) in [6.45, 7) is 10.6. The third kappa shape index (κ3) is 4.03. The SMILES string of the molecule is Cc1ccc(OCC[NH+]2CCN(c3ncnc4sc5c(c34)C[C@H](C)CC5)CC2)cc1. The van der Waals surface area contributed by atoms with E-state index < -0.39 is 0 Å². The lowest BCUT2D eigenvalue weighted by molar-refractivity contribution is -0.900. The van der Waals surface area contributed by atoms with Gasteiger partial charge >= 0.3 is 0 Å². The minimum absolute atomic E-state index is 0.762. The number of benzene rings is 1. The second-order valence-corrected chi connectivity index (χ2v) is 9.96. The van der Waals surface area contributed by atoms with Gasteiger partial charge in [-0.1, -0.05) is 24.6 Å². The van der Waals surface area contributed by atoms with Crippen molar-refractivity contribution in [1.29, 1.82) is 0 Å². The molecule has 0 unspecified atom stereocenters. The standard InChI is InChI=1S/C24H30N4OS/c1-17-3-6-19(7-4-17)29-14-13-27-9-11-28(12-10-27)23-22-20-15-18(2)5-8-21(20)30-24(22)26-16-25-23/h3-4,6-7,16,18H,5,8-15H2,1-2H3/p+1/t18-/m1/s1. The van der Waals surface area contributed by atoms with Gasteiger partial charge in [0.2, 0.25) is 0 Å². The van der Waals surface area contributed by atoms with E-state index in [2.05, 4.69) is 48.0 Å². The molecule has 1 saturated heterocycles. The average Bonchev–Trinajstić information content (AvgIpc) is 3.14. The monoisotopic (exact) mass is 423 g/mol. The lowest BCUT2D eigenvalue weighted by Gasteiger charge is -2.33. The summed E-state index contributed by atoms with van der Waals surface area (Å²) in [5.74, 6) is 2.90. The highest BCUT2D eigenvalue weighted by Gasteiger charge is 2.27. The summed E-state index contributed by atoms with van der Waals surface area (Å²) < 4.78 is 5.94. The van der Waals surface area contributed by atoms with E-state index in [-0.39, 0.29) is 0 Å². The van der Waals surface area contributed by atoms with Crippen molar-refractivity contribution in [2.24, 2.45) is 5.92 Å². The van der Waals surface area contributed by atoms with Crippen LogP contribution in [0.25, 0.3) is 10.2 Å². The van der Waals surface area contributed by atoms with E-state index in [0.717, 1.165) is 51.0 Å². The van der Waals surface area contributed by atoms with E-state index in [4.69, 9.17) is 9.72 Å². The zero-order valence-electron chi connectivity index (χ0n) is 18.0. The summed E-state index contributed by atoms with van der Waals surface area (Å²) in [4.78, 5) is 16.2. The minimum Gasteiger partial charge on any atom is -0.488 e. The van der Waals surface area contributed by atoms with E-state index >= 15 is 0 Å². The molecular weight excluding hydrogens is 392 g/mol. The fourth-order valence-corrected chi connectivity index (χ4v) is 5.92. The van der Waals surface area contributed by atoms with Gasteiger partial charge in [-0.3, -0.25) is 0 Å². The molecule has 0 saturated carbocycles. The van der Waals surface area contributed by atoms with Crippen LogP contribution in [0.15, 0.2) is 30.6 Å². The maximum absolute atomic E-state index is 5.94. The van der Waals surface area contributed by atoms with E-state index in [0.29, 0.717) is 0 Å². The van der Waals surface area contributed by atoms with Crippen molar-refractivity contribution in [1.82, 2.24) is 9.97 Å². The van der Waals surface area contributed by atoms with Gasteiger partial charge in [0.25, 0.3) is 0 Å². The van der Waals surface area contributed by atoms with Crippen LogP contribution < -0.4 is 14.5 Å². The van der Waals surface area contributed by atoms with Crippen molar-refractivity contribution in [2.45, 2.75) is 33.1 Å². The van der Waals surface area contributed by atoms with Gasteiger partial charge in [-0.15, -0.1) is 11.3 Å². The Morgan fingerprint density at radius 3 is 2.77 bits per heavy atom. The highest BCUT2D eigenvalue weighted by molar-refractivity contribution is 7.19. The third-order valence-electron chi connectivity index (χ3n) is 6.58. The Labute approximate surface area is 182 Å². The molecule has 5 rings (SSSR count). The summed E-state index contributed by atoms with van der Waals surface area (Å²) >= 11 is 1.89. The van der Waals surface area contributed by atoms with Gasteiger partial charge in [-0.25, -0.2) is 9.97 Å². The summed E-state index contributed by atoms with van der Waals surface area (Å²) in [7, 11) is 0. The second-order valence-electron chi connectivity index (χ2n) is 8.88. The molecule has 1 atom stereocenters. The molecule has 6 heteroatoms. The fraction of sp³-hybridized carbons (Fsp3) is 0.500. The van der Waals surface area contributed by atoms with Crippen LogP contribution in [-0.2, 0) is 12.8 Å². The van der Waals surface area contributed by atoms with Gasteiger partial charge in [0.1, 0.15) is 35.9 Å². The Kier molecular flexibility index (Phi) is 5.61. The van der Waals surface area contributed by atoms with Crippen molar-refractivity contribution >= 4 is 27.4 Å². The number of aryl methyl sites for hydroxylation is 2. The highest BCUT2D eigenvalue weighted by atomic mass is 32.1. The van der Waals surface area contributed by atoms with Gasteiger partial charge in [0, 0.05) is 4.88 Å². The Bertz CT molecular complexity index is 1010. The summed E-state index contributed by atoms with van der Waals surface area (Å²) in [5.41, 5.74) is 2.80. The van der Waals surface area contributed by atoms with Crippen LogP contribution in [0.5, 0.6) is 5.75 Å². The van der Waals surface area contributed by atoms with Crippen molar-refractivity contribution in [3.63, 3.8) is 0 Å². The zero-order valence-corrected chi connectivity index (χ0v) is 18.8. The predicted molar refractivity (Wildman–Crippen MR) is 123 cm³/mol. The van der Waals surface area contributed by atoms with Gasteiger partial charge in [-0.05, 0) is 49.8 Å². The Balaban J connectivity index is 1.22. The first-order valence-corrected chi connectivity index (χ1v) is 12.0. The summed E-state index contributed by atoms with van der Waals surface area (Å²) in [6, 6.07) is 8.33. The number of hydrogen-bond acceptors (Lipinski definition) is 5. The van der Waals surface area contributed by atoms with Crippen LogP contribution in [-0.4, -0.2) is 49.3 Å². The molecule has 0 amide bonds. The van der Waals surface area contributed by atoms with E-state index in [1.807, 2.05) is 11.3 Å². The van der Waals surface area contributed by atoms with E-state index in [9.17, 15) is 0 Å². The number of thiophene rings is 1. The molecule has 0 spiro atoms. The molecule has 30 heavy (non-hydrogen) atoms.